The van der Waals surface area contributed by atoms with E-state index in [1.807, 2.05) is 0 Å². The van der Waals surface area contributed by atoms with Gasteiger partial charge in [0.1, 0.15) is 0 Å². The molecule has 0 bridgehead atoms. The van der Waals surface area contributed by atoms with E-state index in [-0.39, 0.29) is 5.97 Å². The third-order valence-electron chi connectivity index (χ3n) is 1.70. The molecule has 1 atom stereocenters. The predicted octanol–water partition coefficient (Wildman–Crippen LogP) is 1.37. The van der Waals surface area contributed by atoms with Crippen LogP contribution in [0.25, 0.3) is 0 Å². The highest BCUT2D eigenvalue weighted by Crippen LogP contribution is 2.10. The third kappa shape index (κ3) is 7.08. The molecule has 2 N–H and O–H groups in total. The lowest BCUT2D eigenvalue weighted by Gasteiger charge is -2.03. The number of carboxylic acids is 1. The maximum Gasteiger partial charge on any atom is 0.337 e. The number of aliphatic hydroxyl groups excluding tert-OH is 1. The summed E-state index contributed by atoms with van der Waals surface area (Å²) in [6.45, 7) is 3.65. The molecule has 0 radical (unpaired) electrons. The molecule has 5 nitrogen and oxygen atoms in total. The van der Waals surface area contributed by atoms with E-state index in [2.05, 4.69) is 4.74 Å². The van der Waals surface area contributed by atoms with Gasteiger partial charge in [-0.15, -0.1) is 0 Å². The molecule has 0 saturated heterocycles. The predicted molar refractivity (Wildman–Crippen MR) is 61.3 cm³/mol. The van der Waals surface area contributed by atoms with Crippen LogP contribution < -0.4 is 0 Å². The molecule has 17 heavy (non-hydrogen) atoms. The first-order valence-corrected chi connectivity index (χ1v) is 5.08. The van der Waals surface area contributed by atoms with Crippen LogP contribution in [0.3, 0.4) is 0 Å². The lowest BCUT2D eigenvalue weighted by Crippen LogP contribution is -2.09. The van der Waals surface area contributed by atoms with Gasteiger partial charge in [-0.05, 0) is 12.5 Å². The summed E-state index contributed by atoms with van der Waals surface area (Å²) in [6, 6.07) is 8.26. The number of carbonyl (C=O) groups excluding carboxylic acids is 1. The zero-order valence-corrected chi connectivity index (χ0v) is 9.79. The van der Waals surface area contributed by atoms with Crippen LogP contribution in [-0.4, -0.2) is 28.8 Å². The van der Waals surface area contributed by atoms with Gasteiger partial charge in [-0.2, -0.15) is 0 Å². The Balaban J connectivity index is 0.000000366. The van der Waals surface area contributed by atoms with Gasteiger partial charge in [0, 0.05) is 6.92 Å². The standard InChI is InChI=1S/C8H8O3.C4H8O2/c9-7(8(10)11)6-4-2-1-3-5-6;1-3-6-4(2)5/h1-5,7,9H,(H,10,11);3H2,1-2H3/t7-;/m1./s1. The Labute approximate surface area is 99.7 Å². The number of rotatable bonds is 3. The van der Waals surface area contributed by atoms with E-state index in [9.17, 15) is 9.59 Å². The number of carboxylic acid groups (broad SMARTS) is 1. The molecule has 0 unspecified atom stereocenters. The van der Waals surface area contributed by atoms with Gasteiger partial charge in [0.2, 0.25) is 0 Å². The normalized spacial score (nSPS) is 10.8. The number of hydrogen-bond acceptors (Lipinski definition) is 4. The fourth-order valence-corrected chi connectivity index (χ4v) is 0.981. The van der Waals surface area contributed by atoms with Gasteiger partial charge in [0.05, 0.1) is 6.61 Å². The maximum absolute atomic E-state index is 10.2. The summed E-state index contributed by atoms with van der Waals surface area (Å²) in [5.74, 6) is -1.44. The van der Waals surface area contributed by atoms with E-state index in [1.54, 1.807) is 37.3 Å². The average molecular weight is 240 g/mol. The van der Waals surface area contributed by atoms with Crippen LogP contribution in [0.15, 0.2) is 30.3 Å². The number of carbonyl (C=O) groups is 2. The summed E-state index contributed by atoms with van der Waals surface area (Å²) in [4.78, 5) is 20.1. The second-order valence-electron chi connectivity index (χ2n) is 3.08. The molecule has 0 saturated carbocycles. The zero-order chi connectivity index (χ0) is 13.3. The van der Waals surface area contributed by atoms with Crippen molar-refractivity contribution < 1.29 is 24.5 Å². The first kappa shape index (κ1) is 15.1. The minimum absolute atomic E-state index is 0.211. The number of benzene rings is 1. The van der Waals surface area contributed by atoms with Crippen LogP contribution in [0.5, 0.6) is 0 Å². The number of aliphatic hydroxyl groups is 1. The maximum atomic E-state index is 10.2. The highest BCUT2D eigenvalue weighted by Gasteiger charge is 2.14. The summed E-state index contributed by atoms with van der Waals surface area (Å²) in [5, 5.41) is 17.4. The summed E-state index contributed by atoms with van der Waals surface area (Å²) in [7, 11) is 0. The Kier molecular flexibility index (Phi) is 7.38. The highest BCUT2D eigenvalue weighted by atomic mass is 16.5. The van der Waals surface area contributed by atoms with Crippen LogP contribution in [0.1, 0.15) is 25.5 Å². The summed E-state index contributed by atoms with van der Waals surface area (Å²) in [5.41, 5.74) is 0.403. The van der Waals surface area contributed by atoms with Crippen molar-refractivity contribution >= 4 is 11.9 Å². The zero-order valence-electron chi connectivity index (χ0n) is 9.79. The number of hydrogen-bond donors (Lipinski definition) is 2. The van der Waals surface area contributed by atoms with Crippen molar-refractivity contribution in [3.63, 3.8) is 0 Å². The van der Waals surface area contributed by atoms with Crippen molar-refractivity contribution in [1.29, 1.82) is 0 Å². The molecule has 1 rings (SSSR count). The molecule has 0 spiro atoms. The molecule has 0 aliphatic carbocycles. The van der Waals surface area contributed by atoms with Crippen molar-refractivity contribution in [2.45, 2.75) is 20.0 Å². The minimum Gasteiger partial charge on any atom is -0.479 e. The smallest absolute Gasteiger partial charge is 0.337 e. The van der Waals surface area contributed by atoms with E-state index < -0.39 is 12.1 Å². The molecule has 0 aliphatic rings. The second-order valence-corrected chi connectivity index (χ2v) is 3.08. The summed E-state index contributed by atoms with van der Waals surface area (Å²) < 4.78 is 4.40. The monoisotopic (exact) mass is 240 g/mol. The van der Waals surface area contributed by atoms with Gasteiger partial charge < -0.3 is 14.9 Å². The first-order chi connectivity index (χ1) is 7.99. The molecule has 0 fully saturated rings. The van der Waals surface area contributed by atoms with E-state index in [4.69, 9.17) is 10.2 Å². The topological polar surface area (TPSA) is 83.8 Å². The largest absolute Gasteiger partial charge is 0.479 e. The number of ether oxygens (including phenoxy) is 1. The Morgan fingerprint density at radius 3 is 2.12 bits per heavy atom. The van der Waals surface area contributed by atoms with Crippen LogP contribution in [0.2, 0.25) is 0 Å². The molecule has 5 heteroatoms. The van der Waals surface area contributed by atoms with E-state index >= 15 is 0 Å². The van der Waals surface area contributed by atoms with E-state index in [0.29, 0.717) is 12.2 Å². The van der Waals surface area contributed by atoms with Gasteiger partial charge in [0.25, 0.3) is 0 Å². The van der Waals surface area contributed by atoms with Crippen LogP contribution in [-0.2, 0) is 14.3 Å². The summed E-state index contributed by atoms with van der Waals surface area (Å²) >= 11 is 0. The van der Waals surface area contributed by atoms with Crippen molar-refractivity contribution in [1.82, 2.24) is 0 Å². The molecule has 94 valence electrons. The Morgan fingerprint density at radius 2 is 1.82 bits per heavy atom. The first-order valence-electron chi connectivity index (χ1n) is 5.08. The van der Waals surface area contributed by atoms with Crippen molar-refractivity contribution in [3.05, 3.63) is 35.9 Å². The van der Waals surface area contributed by atoms with Crippen molar-refractivity contribution in [2.24, 2.45) is 0 Å². The van der Waals surface area contributed by atoms with Gasteiger partial charge in [-0.25, -0.2) is 4.79 Å². The average Bonchev–Trinajstić information content (AvgIpc) is 2.29. The number of aliphatic carboxylic acids is 1. The molecular weight excluding hydrogens is 224 g/mol. The third-order valence-corrected chi connectivity index (χ3v) is 1.70. The Morgan fingerprint density at radius 1 is 1.29 bits per heavy atom. The van der Waals surface area contributed by atoms with Gasteiger partial charge >= 0.3 is 11.9 Å². The van der Waals surface area contributed by atoms with Gasteiger partial charge in [-0.3, -0.25) is 4.79 Å². The molecular formula is C12H16O5. The lowest BCUT2D eigenvalue weighted by atomic mass is 10.1. The fraction of sp³-hybridized carbons (Fsp3) is 0.333. The van der Waals surface area contributed by atoms with Crippen molar-refractivity contribution in [3.8, 4) is 0 Å². The van der Waals surface area contributed by atoms with Gasteiger partial charge in [-0.1, -0.05) is 30.3 Å². The summed E-state index contributed by atoms with van der Waals surface area (Å²) in [6.07, 6.45) is -1.41. The van der Waals surface area contributed by atoms with Crippen LogP contribution in [0, 0.1) is 0 Å². The Hall–Kier alpha value is -1.88. The van der Waals surface area contributed by atoms with Crippen LogP contribution in [0.4, 0.5) is 0 Å². The lowest BCUT2D eigenvalue weighted by molar-refractivity contribution is -0.147. The van der Waals surface area contributed by atoms with Gasteiger partial charge in [0.15, 0.2) is 6.10 Å². The molecule has 0 aliphatic heterocycles. The van der Waals surface area contributed by atoms with E-state index in [0.717, 1.165) is 0 Å². The molecule has 1 aromatic carbocycles. The molecule has 0 amide bonds. The quantitative estimate of drug-likeness (QED) is 0.779. The number of esters is 1. The minimum atomic E-state index is -1.41. The van der Waals surface area contributed by atoms with E-state index in [1.165, 1.54) is 6.92 Å². The molecule has 0 heterocycles. The molecule has 0 aromatic heterocycles. The molecule has 1 aromatic rings. The Bertz CT molecular complexity index is 347. The second kappa shape index (κ2) is 8.29. The van der Waals surface area contributed by atoms with Crippen LogP contribution >= 0.6 is 0 Å². The highest BCUT2D eigenvalue weighted by molar-refractivity contribution is 5.73. The van der Waals surface area contributed by atoms with Crippen molar-refractivity contribution in [2.75, 3.05) is 6.61 Å². The fourth-order valence-electron chi connectivity index (χ4n) is 0.981. The SMILES string of the molecule is CCOC(C)=O.O=C(O)[C@H](O)c1ccccc1.